The predicted octanol–water partition coefficient (Wildman–Crippen LogP) is 3.02. The van der Waals surface area contributed by atoms with Crippen LogP contribution in [0.2, 0.25) is 0 Å². The number of nitrogens with one attached hydrogen (secondary N) is 1. The maximum atomic E-state index is 12.6. The Bertz CT molecular complexity index is 1320. The Morgan fingerprint density at radius 2 is 1.93 bits per heavy atom. The van der Waals surface area contributed by atoms with E-state index < -0.39 is 0 Å². The van der Waals surface area contributed by atoms with E-state index in [2.05, 4.69) is 25.5 Å². The molecular formula is C20H15N7O. The van der Waals surface area contributed by atoms with Crippen molar-refractivity contribution in [2.75, 3.05) is 5.32 Å². The normalized spacial score (nSPS) is 11.2. The number of fused-ring (bicyclic) bond motifs is 2. The number of amides is 1. The van der Waals surface area contributed by atoms with Crippen LogP contribution < -0.4 is 5.32 Å². The van der Waals surface area contributed by atoms with Crippen LogP contribution >= 0.6 is 0 Å². The van der Waals surface area contributed by atoms with Crippen LogP contribution in [0.3, 0.4) is 0 Å². The van der Waals surface area contributed by atoms with Crippen LogP contribution in [0.25, 0.3) is 22.5 Å². The van der Waals surface area contributed by atoms with Crippen molar-refractivity contribution in [2.24, 2.45) is 0 Å². The van der Waals surface area contributed by atoms with Crippen molar-refractivity contribution >= 4 is 28.5 Å². The molecule has 0 fully saturated rings. The lowest BCUT2D eigenvalue weighted by Gasteiger charge is -2.06. The molecule has 0 spiro atoms. The van der Waals surface area contributed by atoms with E-state index in [-0.39, 0.29) is 5.91 Å². The standard InChI is InChI=1S/C20H15N7O/c1-13-8-9-26-18(10-13)24-25-20(26)23-19(28)14-6-7-17(21-11-14)27-12-22-15-4-2-3-5-16(15)27/h2-12H,1H3,(H,23,25,28). The highest BCUT2D eigenvalue weighted by Crippen LogP contribution is 2.17. The van der Waals surface area contributed by atoms with E-state index in [0.29, 0.717) is 23.0 Å². The zero-order chi connectivity index (χ0) is 19.1. The Morgan fingerprint density at radius 1 is 1.04 bits per heavy atom. The first kappa shape index (κ1) is 16.1. The maximum Gasteiger partial charge on any atom is 0.259 e. The molecule has 28 heavy (non-hydrogen) atoms. The summed E-state index contributed by atoms with van der Waals surface area (Å²) in [5.41, 5.74) is 4.02. The minimum absolute atomic E-state index is 0.301. The van der Waals surface area contributed by atoms with Gasteiger partial charge in [0.2, 0.25) is 5.95 Å². The van der Waals surface area contributed by atoms with Gasteiger partial charge in [0.15, 0.2) is 5.65 Å². The van der Waals surface area contributed by atoms with Gasteiger partial charge in [-0.2, -0.15) is 0 Å². The fraction of sp³-hybridized carbons (Fsp3) is 0.0500. The number of aromatic nitrogens is 6. The molecule has 1 amide bonds. The highest BCUT2D eigenvalue weighted by Gasteiger charge is 2.12. The Balaban J connectivity index is 1.41. The number of carbonyl (C=O) groups is 1. The number of pyridine rings is 2. The van der Waals surface area contributed by atoms with E-state index in [4.69, 9.17) is 0 Å². The topological polar surface area (TPSA) is 90.0 Å². The third kappa shape index (κ3) is 2.67. The fourth-order valence-corrected chi connectivity index (χ4v) is 3.06. The van der Waals surface area contributed by atoms with Gasteiger partial charge in [-0.3, -0.25) is 19.1 Å². The van der Waals surface area contributed by atoms with Gasteiger partial charge in [0.1, 0.15) is 12.1 Å². The van der Waals surface area contributed by atoms with Crippen molar-refractivity contribution in [3.05, 3.63) is 78.4 Å². The van der Waals surface area contributed by atoms with Gasteiger partial charge in [-0.05, 0) is 48.9 Å². The fourth-order valence-electron chi connectivity index (χ4n) is 3.06. The number of imidazole rings is 1. The molecular weight excluding hydrogens is 354 g/mol. The van der Waals surface area contributed by atoms with Gasteiger partial charge < -0.3 is 0 Å². The predicted molar refractivity (Wildman–Crippen MR) is 105 cm³/mol. The van der Waals surface area contributed by atoms with E-state index in [1.54, 1.807) is 22.9 Å². The lowest BCUT2D eigenvalue weighted by molar-refractivity contribution is 0.102. The molecule has 5 rings (SSSR count). The van der Waals surface area contributed by atoms with Crippen LogP contribution in [0.5, 0.6) is 0 Å². The number of nitrogens with zero attached hydrogens (tertiary/aromatic N) is 6. The molecule has 1 N–H and O–H groups in total. The molecule has 136 valence electrons. The van der Waals surface area contributed by atoms with Gasteiger partial charge in [0.25, 0.3) is 5.91 Å². The maximum absolute atomic E-state index is 12.6. The summed E-state index contributed by atoms with van der Waals surface area (Å²) >= 11 is 0. The number of hydrogen-bond acceptors (Lipinski definition) is 5. The summed E-state index contributed by atoms with van der Waals surface area (Å²) in [6.45, 7) is 1.98. The van der Waals surface area contributed by atoms with E-state index in [1.165, 1.54) is 6.20 Å². The van der Waals surface area contributed by atoms with Gasteiger partial charge in [0.05, 0.1) is 16.6 Å². The van der Waals surface area contributed by atoms with Gasteiger partial charge in [-0.1, -0.05) is 12.1 Å². The summed E-state index contributed by atoms with van der Waals surface area (Å²) in [5.74, 6) is 0.753. The molecule has 0 bridgehead atoms. The molecule has 4 aromatic heterocycles. The quantitative estimate of drug-likeness (QED) is 0.528. The zero-order valence-electron chi connectivity index (χ0n) is 14.9. The van der Waals surface area contributed by atoms with Crippen LogP contribution in [0.1, 0.15) is 15.9 Å². The summed E-state index contributed by atoms with van der Waals surface area (Å²) < 4.78 is 3.61. The number of anilines is 1. The largest absolute Gasteiger partial charge is 0.290 e. The van der Waals surface area contributed by atoms with Crippen LogP contribution in [-0.4, -0.2) is 35.0 Å². The van der Waals surface area contributed by atoms with Gasteiger partial charge >= 0.3 is 0 Å². The van der Waals surface area contributed by atoms with Gasteiger partial charge in [0, 0.05) is 12.4 Å². The Labute approximate surface area is 159 Å². The minimum Gasteiger partial charge on any atom is -0.290 e. The van der Waals surface area contributed by atoms with Crippen LogP contribution in [-0.2, 0) is 0 Å². The van der Waals surface area contributed by atoms with Crippen molar-refractivity contribution in [1.29, 1.82) is 0 Å². The van der Waals surface area contributed by atoms with Crippen molar-refractivity contribution in [2.45, 2.75) is 6.92 Å². The molecule has 0 aliphatic carbocycles. The van der Waals surface area contributed by atoms with Crippen LogP contribution in [0.15, 0.2) is 67.3 Å². The molecule has 0 saturated heterocycles. The molecule has 0 aliphatic heterocycles. The Hall–Kier alpha value is -4.07. The van der Waals surface area contributed by atoms with Gasteiger partial charge in [-0.15, -0.1) is 10.2 Å². The molecule has 0 aliphatic rings. The van der Waals surface area contributed by atoms with Crippen molar-refractivity contribution < 1.29 is 4.79 Å². The lowest BCUT2D eigenvalue weighted by atomic mass is 10.2. The molecule has 0 radical (unpaired) electrons. The molecule has 1 aromatic carbocycles. The Kier molecular flexibility index (Phi) is 3.61. The highest BCUT2D eigenvalue weighted by atomic mass is 16.1. The van der Waals surface area contributed by atoms with Crippen molar-refractivity contribution in [3.8, 4) is 5.82 Å². The lowest BCUT2D eigenvalue weighted by Crippen LogP contribution is -2.14. The molecule has 4 heterocycles. The first-order chi connectivity index (χ1) is 13.7. The minimum atomic E-state index is -0.301. The monoisotopic (exact) mass is 369 g/mol. The zero-order valence-corrected chi connectivity index (χ0v) is 14.9. The molecule has 5 aromatic rings. The summed E-state index contributed by atoms with van der Waals surface area (Å²) in [7, 11) is 0. The van der Waals surface area contributed by atoms with Crippen LogP contribution in [0, 0.1) is 6.92 Å². The second kappa shape index (κ2) is 6.27. The molecule has 0 unspecified atom stereocenters. The van der Waals surface area contributed by atoms with E-state index in [0.717, 1.165) is 16.6 Å². The van der Waals surface area contributed by atoms with E-state index in [1.807, 2.05) is 54.1 Å². The summed E-state index contributed by atoms with van der Waals surface area (Å²) in [4.78, 5) is 21.4. The van der Waals surface area contributed by atoms with E-state index >= 15 is 0 Å². The third-order valence-electron chi connectivity index (χ3n) is 4.50. The smallest absolute Gasteiger partial charge is 0.259 e. The highest BCUT2D eigenvalue weighted by molar-refractivity contribution is 6.03. The molecule has 0 atom stereocenters. The number of hydrogen-bond donors (Lipinski definition) is 1. The number of carbonyl (C=O) groups excluding carboxylic acids is 1. The van der Waals surface area contributed by atoms with Crippen molar-refractivity contribution in [3.63, 3.8) is 0 Å². The summed E-state index contributed by atoms with van der Waals surface area (Å²) in [6, 6.07) is 15.1. The average Bonchev–Trinajstić information content (AvgIpc) is 3.32. The number of aryl methyl sites for hydroxylation is 1. The number of benzene rings is 1. The number of rotatable bonds is 3. The molecule has 8 nitrogen and oxygen atoms in total. The third-order valence-corrected chi connectivity index (χ3v) is 4.50. The van der Waals surface area contributed by atoms with Crippen molar-refractivity contribution in [1.82, 2.24) is 29.1 Å². The van der Waals surface area contributed by atoms with E-state index in [9.17, 15) is 4.79 Å². The average molecular weight is 369 g/mol. The summed E-state index contributed by atoms with van der Waals surface area (Å²) in [5, 5.41) is 10.9. The number of para-hydroxylation sites is 2. The first-order valence-electron chi connectivity index (χ1n) is 8.70. The molecule has 8 heteroatoms. The van der Waals surface area contributed by atoms with Crippen LogP contribution in [0.4, 0.5) is 5.95 Å². The first-order valence-corrected chi connectivity index (χ1v) is 8.70. The molecule has 0 saturated carbocycles. The second-order valence-electron chi connectivity index (χ2n) is 6.42. The van der Waals surface area contributed by atoms with Gasteiger partial charge in [-0.25, -0.2) is 9.97 Å². The second-order valence-corrected chi connectivity index (χ2v) is 6.42. The Morgan fingerprint density at radius 3 is 2.79 bits per heavy atom. The summed E-state index contributed by atoms with van der Waals surface area (Å²) in [6.07, 6.45) is 5.08. The SMILES string of the molecule is Cc1ccn2c(NC(=O)c3ccc(-n4cnc5ccccc54)nc3)nnc2c1.